The van der Waals surface area contributed by atoms with Crippen LogP contribution in [-0.2, 0) is 21.4 Å². The van der Waals surface area contributed by atoms with E-state index in [1.54, 1.807) is 43.5 Å². The number of ether oxygens (including phenoxy) is 3. The zero-order valence-corrected chi connectivity index (χ0v) is 21.0. The molecule has 186 valence electrons. The van der Waals surface area contributed by atoms with Crippen LogP contribution in [0.4, 0.5) is 5.69 Å². The summed E-state index contributed by atoms with van der Waals surface area (Å²) in [6.45, 7) is 1.84. The lowest BCUT2D eigenvalue weighted by molar-refractivity contribution is -0.120. The van der Waals surface area contributed by atoms with Crippen molar-refractivity contribution in [3.63, 3.8) is 0 Å². The number of carbonyl (C=O) groups is 1. The van der Waals surface area contributed by atoms with Crippen LogP contribution in [0.25, 0.3) is 0 Å². The number of nitrogens with one attached hydrogen (secondary N) is 1. The van der Waals surface area contributed by atoms with Crippen molar-refractivity contribution in [3.8, 4) is 17.2 Å². The third kappa shape index (κ3) is 7.13. The van der Waals surface area contributed by atoms with Gasteiger partial charge < -0.3 is 19.5 Å². The van der Waals surface area contributed by atoms with Crippen LogP contribution in [0.2, 0.25) is 0 Å². The molecule has 0 aliphatic carbocycles. The Morgan fingerprint density at radius 3 is 2.20 bits per heavy atom. The van der Waals surface area contributed by atoms with Crippen molar-refractivity contribution in [3.05, 3.63) is 83.9 Å². The highest BCUT2D eigenvalue weighted by Gasteiger charge is 2.22. The fourth-order valence-electron chi connectivity index (χ4n) is 3.47. The van der Waals surface area contributed by atoms with Crippen molar-refractivity contribution in [2.75, 3.05) is 31.3 Å². The van der Waals surface area contributed by atoms with Gasteiger partial charge in [0.1, 0.15) is 18.9 Å². The summed E-state index contributed by atoms with van der Waals surface area (Å²) in [5.41, 5.74) is 2.19. The molecule has 0 aromatic heterocycles. The molecule has 0 aliphatic rings. The zero-order valence-electron chi connectivity index (χ0n) is 20.2. The molecule has 1 atom stereocenters. The number of methoxy groups -OCH3 is 2. The highest BCUT2D eigenvalue weighted by molar-refractivity contribution is 7.92. The first-order valence-corrected chi connectivity index (χ1v) is 12.8. The van der Waals surface area contributed by atoms with Gasteiger partial charge in [-0.2, -0.15) is 0 Å². The molecular weight excluding hydrogens is 468 g/mol. The van der Waals surface area contributed by atoms with Crippen molar-refractivity contribution < 1.29 is 27.4 Å². The maximum atomic E-state index is 12.8. The number of hydrogen-bond donors (Lipinski definition) is 1. The summed E-state index contributed by atoms with van der Waals surface area (Å²) in [5, 5.41) is 2.84. The van der Waals surface area contributed by atoms with Gasteiger partial charge in [-0.25, -0.2) is 8.42 Å². The Bertz CT molecular complexity index is 1230. The van der Waals surface area contributed by atoms with E-state index < -0.39 is 15.9 Å². The highest BCUT2D eigenvalue weighted by Crippen LogP contribution is 2.30. The largest absolute Gasteiger partial charge is 0.493 e. The van der Waals surface area contributed by atoms with E-state index in [1.807, 2.05) is 43.3 Å². The van der Waals surface area contributed by atoms with Crippen LogP contribution in [0.5, 0.6) is 17.2 Å². The van der Waals surface area contributed by atoms with E-state index in [9.17, 15) is 13.2 Å². The number of amides is 1. The Morgan fingerprint density at radius 1 is 0.943 bits per heavy atom. The number of hydrogen-bond acceptors (Lipinski definition) is 6. The molecule has 0 spiro atoms. The van der Waals surface area contributed by atoms with Crippen LogP contribution in [-0.4, -0.2) is 41.3 Å². The number of anilines is 1. The van der Waals surface area contributed by atoms with Crippen molar-refractivity contribution in [1.29, 1.82) is 0 Å². The average molecular weight is 499 g/mol. The van der Waals surface area contributed by atoms with Gasteiger partial charge in [-0.3, -0.25) is 9.10 Å². The first kappa shape index (κ1) is 25.9. The monoisotopic (exact) mass is 498 g/mol. The molecule has 0 bridgehead atoms. The standard InChI is InChI=1S/C26H30N2O6S/c1-19(21-10-15-24(32-2)25(16-21)33-3)27-26(29)17-28(35(4,30)31)22-11-13-23(14-12-22)34-18-20-8-6-5-7-9-20/h5-16,19H,17-18H2,1-4H3,(H,27,29). The van der Waals surface area contributed by atoms with Crippen molar-refractivity contribution >= 4 is 21.6 Å². The number of sulfonamides is 1. The van der Waals surface area contributed by atoms with Gasteiger partial charge in [0.05, 0.1) is 32.2 Å². The Hall–Kier alpha value is -3.72. The molecule has 0 aliphatic heterocycles. The summed E-state index contributed by atoms with van der Waals surface area (Å²) in [4.78, 5) is 12.8. The van der Waals surface area contributed by atoms with Crippen molar-refractivity contribution in [1.82, 2.24) is 5.32 Å². The zero-order chi connectivity index (χ0) is 25.4. The minimum absolute atomic E-state index is 0.360. The summed E-state index contributed by atoms with van der Waals surface area (Å²) in [6, 6.07) is 21.3. The number of nitrogens with zero attached hydrogens (tertiary/aromatic N) is 1. The van der Waals surface area contributed by atoms with Crippen LogP contribution in [0.15, 0.2) is 72.8 Å². The SMILES string of the molecule is COc1ccc(C(C)NC(=O)CN(c2ccc(OCc3ccccc3)cc2)S(C)(=O)=O)cc1OC. The van der Waals surface area contributed by atoms with E-state index in [-0.39, 0.29) is 12.6 Å². The van der Waals surface area contributed by atoms with Gasteiger partial charge in [0.25, 0.3) is 0 Å². The first-order valence-electron chi connectivity index (χ1n) is 11.0. The van der Waals surface area contributed by atoms with Gasteiger partial charge in [-0.1, -0.05) is 36.4 Å². The Morgan fingerprint density at radius 2 is 1.60 bits per heavy atom. The van der Waals surface area contributed by atoms with E-state index in [0.717, 1.165) is 21.7 Å². The smallest absolute Gasteiger partial charge is 0.241 e. The van der Waals surface area contributed by atoms with Gasteiger partial charge >= 0.3 is 0 Å². The molecule has 0 fully saturated rings. The second-order valence-electron chi connectivity index (χ2n) is 7.94. The van der Waals surface area contributed by atoms with Gasteiger partial charge in [-0.15, -0.1) is 0 Å². The van der Waals surface area contributed by atoms with E-state index in [1.165, 1.54) is 7.11 Å². The summed E-state index contributed by atoms with van der Waals surface area (Å²) < 4.78 is 42.3. The van der Waals surface area contributed by atoms with E-state index in [2.05, 4.69) is 5.32 Å². The quantitative estimate of drug-likeness (QED) is 0.431. The minimum Gasteiger partial charge on any atom is -0.493 e. The van der Waals surface area contributed by atoms with Crippen LogP contribution < -0.4 is 23.8 Å². The Kier molecular flexibility index (Phi) is 8.59. The van der Waals surface area contributed by atoms with E-state index in [4.69, 9.17) is 14.2 Å². The summed E-state index contributed by atoms with van der Waals surface area (Å²) in [6.07, 6.45) is 1.07. The molecular formula is C26H30N2O6S. The van der Waals surface area contributed by atoms with E-state index >= 15 is 0 Å². The van der Waals surface area contributed by atoms with Crippen molar-refractivity contribution in [2.45, 2.75) is 19.6 Å². The molecule has 3 rings (SSSR count). The summed E-state index contributed by atoms with van der Waals surface area (Å²) in [5.74, 6) is 1.27. The lowest BCUT2D eigenvalue weighted by Gasteiger charge is -2.23. The third-order valence-corrected chi connectivity index (χ3v) is 6.49. The fourth-order valence-corrected chi connectivity index (χ4v) is 4.33. The number of carbonyl (C=O) groups excluding carboxylic acids is 1. The second-order valence-corrected chi connectivity index (χ2v) is 9.85. The minimum atomic E-state index is -3.71. The molecule has 0 heterocycles. The summed E-state index contributed by atoms with van der Waals surface area (Å²) in [7, 11) is -0.625. The maximum Gasteiger partial charge on any atom is 0.241 e. The van der Waals surface area contributed by atoms with Gasteiger partial charge in [0.15, 0.2) is 11.5 Å². The molecule has 1 amide bonds. The topological polar surface area (TPSA) is 94.2 Å². The summed E-state index contributed by atoms with van der Waals surface area (Å²) >= 11 is 0. The van der Waals surface area contributed by atoms with Gasteiger partial charge in [-0.05, 0) is 54.4 Å². The van der Waals surface area contributed by atoms with Gasteiger partial charge in [0.2, 0.25) is 15.9 Å². The van der Waals surface area contributed by atoms with Crippen LogP contribution in [0.3, 0.4) is 0 Å². The molecule has 0 saturated carbocycles. The second kappa shape index (κ2) is 11.6. The highest BCUT2D eigenvalue weighted by atomic mass is 32.2. The van der Waals surface area contributed by atoms with Crippen LogP contribution in [0, 0.1) is 0 Å². The van der Waals surface area contributed by atoms with Crippen molar-refractivity contribution in [2.24, 2.45) is 0 Å². The van der Waals surface area contributed by atoms with E-state index in [0.29, 0.717) is 29.5 Å². The molecule has 9 heteroatoms. The molecule has 3 aromatic carbocycles. The predicted molar refractivity (Wildman–Crippen MR) is 136 cm³/mol. The molecule has 0 radical (unpaired) electrons. The lowest BCUT2D eigenvalue weighted by Crippen LogP contribution is -2.41. The molecule has 0 saturated heterocycles. The third-order valence-electron chi connectivity index (χ3n) is 5.35. The Balaban J connectivity index is 1.67. The molecule has 1 N–H and O–H groups in total. The van der Waals surface area contributed by atoms with Crippen LogP contribution >= 0.6 is 0 Å². The molecule has 3 aromatic rings. The first-order chi connectivity index (χ1) is 16.7. The molecule has 35 heavy (non-hydrogen) atoms. The van der Waals surface area contributed by atoms with Gasteiger partial charge in [0, 0.05) is 0 Å². The average Bonchev–Trinajstić information content (AvgIpc) is 2.86. The lowest BCUT2D eigenvalue weighted by atomic mass is 10.1. The fraction of sp³-hybridized carbons (Fsp3) is 0.269. The molecule has 8 nitrogen and oxygen atoms in total. The van der Waals surface area contributed by atoms with Crippen LogP contribution in [0.1, 0.15) is 24.1 Å². The number of rotatable bonds is 11. The number of benzene rings is 3. The normalized spacial score (nSPS) is 11.9. The maximum absolute atomic E-state index is 12.8. The predicted octanol–water partition coefficient (Wildman–Crippen LogP) is 3.93. The Labute approximate surface area is 206 Å². The molecule has 1 unspecified atom stereocenters.